The summed E-state index contributed by atoms with van der Waals surface area (Å²) in [7, 11) is 1.41. The minimum Gasteiger partial charge on any atom is -0.494 e. The van der Waals surface area contributed by atoms with Crippen LogP contribution in [0.1, 0.15) is 23.3 Å². The minimum atomic E-state index is -0.562. The lowest BCUT2D eigenvalue weighted by Gasteiger charge is -2.09. The third kappa shape index (κ3) is 4.25. The molecule has 0 radical (unpaired) electrons. The number of aromatic nitrogens is 3. The van der Waals surface area contributed by atoms with E-state index in [0.717, 1.165) is 39.7 Å². The molecule has 1 unspecified atom stereocenters. The minimum absolute atomic E-state index is 0.220. The van der Waals surface area contributed by atoms with E-state index in [1.807, 2.05) is 36.4 Å². The van der Waals surface area contributed by atoms with E-state index >= 15 is 0 Å². The Kier molecular flexibility index (Phi) is 5.54. The number of hydrogen-bond acceptors (Lipinski definition) is 7. The van der Waals surface area contributed by atoms with Crippen LogP contribution >= 0.6 is 11.3 Å². The lowest BCUT2D eigenvalue weighted by atomic mass is 10.0. The van der Waals surface area contributed by atoms with Gasteiger partial charge in [0.25, 0.3) is 5.91 Å². The molecule has 1 fully saturated rings. The van der Waals surface area contributed by atoms with Crippen molar-refractivity contribution in [3.8, 4) is 16.9 Å². The summed E-state index contributed by atoms with van der Waals surface area (Å²) in [5.74, 6) is -0.365. The van der Waals surface area contributed by atoms with E-state index in [2.05, 4.69) is 25.8 Å². The van der Waals surface area contributed by atoms with Gasteiger partial charge in [-0.3, -0.25) is 9.89 Å². The number of hydrogen-bond donors (Lipinski definition) is 4. The smallest absolute Gasteiger partial charge is 0.276 e. The Morgan fingerprint density at radius 1 is 1.17 bits per heavy atom. The SMILES string of the molecule is COc1cc(F)ccc1NC(=O)c1n[nH]c2ccc(-c3ccc4nc(NC(O)C5CC5)sc4c3)cc12. The maximum absolute atomic E-state index is 13.5. The Labute approximate surface area is 209 Å². The van der Waals surface area contributed by atoms with Gasteiger partial charge in [0.05, 0.1) is 28.5 Å². The highest BCUT2D eigenvalue weighted by molar-refractivity contribution is 7.22. The van der Waals surface area contributed by atoms with E-state index in [1.165, 1.54) is 36.6 Å². The number of amides is 1. The number of aliphatic hydroxyl groups is 1. The zero-order chi connectivity index (χ0) is 24.8. The molecule has 1 aliphatic rings. The molecule has 0 spiro atoms. The largest absolute Gasteiger partial charge is 0.494 e. The molecule has 1 amide bonds. The molecule has 1 saturated carbocycles. The zero-order valence-electron chi connectivity index (χ0n) is 19.2. The third-order valence-electron chi connectivity index (χ3n) is 6.25. The zero-order valence-corrected chi connectivity index (χ0v) is 20.0. The number of aliphatic hydroxyl groups excluding tert-OH is 1. The van der Waals surface area contributed by atoms with E-state index in [0.29, 0.717) is 22.1 Å². The molecular formula is C26H22FN5O3S. The average Bonchev–Trinajstić information content (AvgIpc) is 3.53. The molecule has 3 aromatic carbocycles. The Balaban J connectivity index is 1.29. The van der Waals surface area contributed by atoms with Gasteiger partial charge in [-0.05, 0) is 60.4 Å². The molecule has 4 N–H and O–H groups in total. The first-order chi connectivity index (χ1) is 17.5. The lowest BCUT2D eigenvalue weighted by molar-refractivity contribution is 0.102. The second-order valence-corrected chi connectivity index (χ2v) is 9.79. The number of benzene rings is 3. The number of carbonyl (C=O) groups is 1. The first kappa shape index (κ1) is 22.4. The predicted molar refractivity (Wildman–Crippen MR) is 138 cm³/mol. The van der Waals surface area contributed by atoms with Gasteiger partial charge in [0.1, 0.15) is 17.8 Å². The van der Waals surface area contributed by atoms with Gasteiger partial charge >= 0.3 is 0 Å². The molecule has 10 heteroatoms. The van der Waals surface area contributed by atoms with Gasteiger partial charge in [-0.25, -0.2) is 9.37 Å². The van der Waals surface area contributed by atoms with Crippen molar-refractivity contribution in [3.05, 3.63) is 66.1 Å². The fraction of sp³-hybridized carbons (Fsp3) is 0.192. The number of anilines is 2. The summed E-state index contributed by atoms with van der Waals surface area (Å²) >= 11 is 1.50. The predicted octanol–water partition coefficient (Wildman–Crippen LogP) is 5.38. The number of ether oxygens (including phenoxy) is 1. The maximum atomic E-state index is 13.5. The molecule has 1 atom stereocenters. The number of rotatable bonds is 7. The number of H-pyrrole nitrogens is 1. The van der Waals surface area contributed by atoms with E-state index in [1.54, 1.807) is 0 Å². The molecule has 2 aromatic heterocycles. The molecule has 36 heavy (non-hydrogen) atoms. The standard InChI is InChI=1S/C26H22FN5O3S/c1-35-21-12-16(27)6-9-19(21)28-25(34)23-17-10-14(4-7-18(17)31-32-23)15-5-8-20-22(11-15)36-26(29-20)30-24(33)13-2-3-13/h4-13,24,33H,2-3H2,1H3,(H,28,34)(H,29,30)(H,31,32). The summed E-state index contributed by atoms with van der Waals surface area (Å²) in [4.78, 5) is 17.6. The first-order valence-electron chi connectivity index (χ1n) is 11.5. The van der Waals surface area contributed by atoms with Crippen LogP contribution in [0.25, 0.3) is 32.2 Å². The van der Waals surface area contributed by atoms with Crippen LogP contribution < -0.4 is 15.4 Å². The highest BCUT2D eigenvalue weighted by Crippen LogP contribution is 2.36. The highest BCUT2D eigenvalue weighted by atomic mass is 32.1. The molecule has 0 aliphatic heterocycles. The first-order valence-corrected chi connectivity index (χ1v) is 12.3. The molecule has 5 aromatic rings. The van der Waals surface area contributed by atoms with Crippen LogP contribution in [-0.2, 0) is 0 Å². The van der Waals surface area contributed by atoms with Gasteiger partial charge in [-0.1, -0.05) is 23.5 Å². The van der Waals surface area contributed by atoms with Crippen LogP contribution in [0.3, 0.4) is 0 Å². The van der Waals surface area contributed by atoms with E-state index < -0.39 is 18.0 Å². The van der Waals surface area contributed by atoms with Crippen molar-refractivity contribution in [2.45, 2.75) is 19.1 Å². The van der Waals surface area contributed by atoms with Crippen LogP contribution in [0.4, 0.5) is 15.2 Å². The maximum Gasteiger partial charge on any atom is 0.276 e. The fourth-order valence-corrected chi connectivity index (χ4v) is 5.07. The summed E-state index contributed by atoms with van der Waals surface area (Å²) < 4.78 is 19.7. The van der Waals surface area contributed by atoms with Gasteiger partial charge in [0, 0.05) is 17.4 Å². The molecule has 2 heterocycles. The van der Waals surface area contributed by atoms with E-state index in [-0.39, 0.29) is 11.4 Å². The molecule has 6 rings (SSSR count). The normalized spacial score (nSPS) is 14.2. The average molecular weight is 504 g/mol. The fourth-order valence-electron chi connectivity index (χ4n) is 4.14. The van der Waals surface area contributed by atoms with Crippen molar-refractivity contribution in [1.82, 2.24) is 15.2 Å². The number of carbonyl (C=O) groups excluding carboxylic acids is 1. The van der Waals surface area contributed by atoms with E-state index in [9.17, 15) is 14.3 Å². The number of thiazole rings is 1. The summed E-state index contributed by atoms with van der Waals surface area (Å²) in [5, 5.41) is 24.5. The van der Waals surface area contributed by atoms with Crippen LogP contribution in [0.2, 0.25) is 0 Å². The summed E-state index contributed by atoms with van der Waals surface area (Å²) in [5.41, 5.74) is 4.03. The van der Waals surface area contributed by atoms with Crippen LogP contribution in [0, 0.1) is 11.7 Å². The molecule has 8 nitrogen and oxygen atoms in total. The molecule has 0 saturated heterocycles. The number of halogens is 1. The van der Waals surface area contributed by atoms with Crippen molar-refractivity contribution < 1.29 is 19.0 Å². The Morgan fingerprint density at radius 2 is 1.97 bits per heavy atom. The summed E-state index contributed by atoms with van der Waals surface area (Å²) in [6.07, 6.45) is 1.52. The lowest BCUT2D eigenvalue weighted by Crippen LogP contribution is -2.20. The van der Waals surface area contributed by atoms with Crippen molar-refractivity contribution in [2.24, 2.45) is 5.92 Å². The van der Waals surface area contributed by atoms with E-state index in [4.69, 9.17) is 4.74 Å². The van der Waals surface area contributed by atoms with Crippen molar-refractivity contribution >= 4 is 49.2 Å². The van der Waals surface area contributed by atoms with Crippen molar-refractivity contribution in [3.63, 3.8) is 0 Å². The van der Waals surface area contributed by atoms with Crippen LogP contribution in [0.15, 0.2) is 54.6 Å². The van der Waals surface area contributed by atoms with Gasteiger partial charge in [0.15, 0.2) is 10.8 Å². The monoisotopic (exact) mass is 503 g/mol. The molecule has 1 aliphatic carbocycles. The number of nitrogens with one attached hydrogen (secondary N) is 3. The number of nitrogens with zero attached hydrogens (tertiary/aromatic N) is 2. The third-order valence-corrected chi connectivity index (χ3v) is 7.20. The van der Waals surface area contributed by atoms with Crippen LogP contribution in [-0.4, -0.2) is 39.5 Å². The number of aromatic amines is 1. The Hall–Kier alpha value is -4.02. The summed E-state index contributed by atoms with van der Waals surface area (Å²) in [6, 6.07) is 15.6. The number of fused-ring (bicyclic) bond motifs is 2. The van der Waals surface area contributed by atoms with Crippen molar-refractivity contribution in [2.75, 3.05) is 17.7 Å². The van der Waals surface area contributed by atoms with Gasteiger partial charge in [-0.15, -0.1) is 0 Å². The summed E-state index contributed by atoms with van der Waals surface area (Å²) in [6.45, 7) is 0. The number of methoxy groups -OCH3 is 1. The van der Waals surface area contributed by atoms with Gasteiger partial charge < -0.3 is 20.5 Å². The second kappa shape index (κ2) is 8.89. The quantitative estimate of drug-likeness (QED) is 0.222. The van der Waals surface area contributed by atoms with Crippen molar-refractivity contribution in [1.29, 1.82) is 0 Å². The topological polar surface area (TPSA) is 112 Å². The molecular weight excluding hydrogens is 481 g/mol. The van der Waals surface area contributed by atoms with Gasteiger partial charge in [0.2, 0.25) is 0 Å². The molecule has 182 valence electrons. The van der Waals surface area contributed by atoms with Crippen LogP contribution in [0.5, 0.6) is 5.75 Å². The Bertz CT molecular complexity index is 1610. The second-order valence-electron chi connectivity index (χ2n) is 8.76. The Morgan fingerprint density at radius 3 is 2.78 bits per heavy atom. The van der Waals surface area contributed by atoms with Gasteiger partial charge in [-0.2, -0.15) is 5.10 Å². The molecule has 0 bridgehead atoms. The highest BCUT2D eigenvalue weighted by Gasteiger charge is 2.30.